The number of amides is 3. The maximum atomic E-state index is 13.2. The van der Waals surface area contributed by atoms with E-state index in [0.717, 1.165) is 136 Å². The van der Waals surface area contributed by atoms with Gasteiger partial charge in [-0.1, -0.05) is 140 Å². The van der Waals surface area contributed by atoms with Gasteiger partial charge in [0.1, 0.15) is 18.6 Å². The first-order valence-corrected chi connectivity index (χ1v) is 33.6. The van der Waals surface area contributed by atoms with Crippen LogP contribution in [-0.2, 0) is 43.9 Å². The molecule has 4 heterocycles. The van der Waals surface area contributed by atoms with Gasteiger partial charge in [0, 0.05) is 119 Å². The number of hydrogen-bond donors (Lipinski definition) is 5. The summed E-state index contributed by atoms with van der Waals surface area (Å²) in [6.45, 7) is 23.1. The smallest absolute Gasteiger partial charge is 0.662 e. The van der Waals surface area contributed by atoms with Crippen molar-refractivity contribution in [3.05, 3.63) is 103 Å². The minimum absolute atomic E-state index is 0. The van der Waals surface area contributed by atoms with Crippen LogP contribution in [0.5, 0.6) is 0 Å². The van der Waals surface area contributed by atoms with Crippen LogP contribution in [0.4, 0.5) is 5.69 Å². The number of ether oxygens (including phenoxy) is 1. The second kappa shape index (κ2) is 45.3. The maximum absolute atomic E-state index is 13.2. The fourth-order valence-electron chi connectivity index (χ4n) is 11.4. The number of aromatic nitrogens is 3. The quantitative estimate of drug-likeness (QED) is 0.0128. The predicted octanol–water partition coefficient (Wildman–Crippen LogP) is 9.44. The molecule has 2 aliphatic carbocycles. The number of fused-ring (bicyclic) bond motifs is 3. The summed E-state index contributed by atoms with van der Waals surface area (Å²) in [7, 11) is 3.84. The number of aliphatic imine (C=N–C) groups is 2. The molecule has 21 heteroatoms. The molecule has 494 valence electrons. The van der Waals surface area contributed by atoms with Crippen LogP contribution in [0.2, 0.25) is 10.0 Å². The Morgan fingerprint density at radius 1 is 0.989 bits per heavy atom. The molecule has 6 N–H and O–H groups in total. The number of likely N-dealkylation sites (N-methyl/N-ethyl adjacent to an activating group) is 1. The van der Waals surface area contributed by atoms with Gasteiger partial charge in [0.25, 0.3) is 0 Å². The second-order valence-corrected chi connectivity index (χ2v) is 24.0. The number of allylic oxidation sites excluding steroid dienone is 7. The van der Waals surface area contributed by atoms with Crippen LogP contribution >= 0.6 is 23.2 Å². The Balaban J connectivity index is 0.000000535. The number of benzene rings is 1. The molecule has 0 spiro atoms. The number of piperidine rings is 1. The van der Waals surface area contributed by atoms with Crippen molar-refractivity contribution in [1.29, 1.82) is 0 Å². The molecule has 3 amide bonds. The molecule has 1 aromatic carbocycles. The second-order valence-electron chi connectivity index (χ2n) is 23.2. The number of rotatable bonds is 33. The zero-order valence-corrected chi connectivity index (χ0v) is 60.8. The van der Waals surface area contributed by atoms with E-state index < -0.39 is 6.61 Å². The summed E-state index contributed by atoms with van der Waals surface area (Å²) in [5.74, 6) is 0.304. The number of carbonyl (C=O) groups excluding carboxylic acids is 4. The summed E-state index contributed by atoms with van der Waals surface area (Å²) in [5.41, 5.74) is 15.4. The molecule has 3 aromatic rings. The van der Waals surface area contributed by atoms with Crippen LogP contribution in [0, 0.1) is 18.3 Å². The van der Waals surface area contributed by atoms with E-state index in [1.807, 2.05) is 58.3 Å². The topological polar surface area (TPSA) is 230 Å². The Morgan fingerprint density at radius 3 is 2.42 bits per heavy atom. The molecule has 18 nitrogen and oxygen atoms in total. The third kappa shape index (κ3) is 26.4. The standard InChI is InChI=1S/C46H72N7O4.C19H23Cl2N5O2.2C2H6.K/c1-38(41-17-11-7-8-12-18-41)33-43(56)53-28-23-46(3,24-29-53)35-52(37-55)36-49-44-39(2)50-51(4)45(44)42-21-19-40(20-22-42)34-48-27-15-26-47-25-13-9-5-6-10-14-31-57-32-16-30-54;1-23-5-6-24-4-2-14(22)11-8-13(20)18(21)19-17(11)12-9-26(16(28)10-27)7-3-15(12)25-19;2*1-2;/h11,17-21,30,36-38,42,48H,5-10,12-16,22-29,31-35H2,1-4H3;2,4,8,23,25,27H,3,5-7,9-10,22H2,1H3;2*1-2H3;/q-1;;;;+1/b;14-2-,24-4?;;;. The monoisotopic (exact) mass is 1310 g/mol. The van der Waals surface area contributed by atoms with Gasteiger partial charge < -0.3 is 56.0 Å². The van der Waals surface area contributed by atoms with Crippen molar-refractivity contribution in [2.24, 2.45) is 34.1 Å². The van der Waals surface area contributed by atoms with Crippen LogP contribution in [0.25, 0.3) is 21.9 Å². The summed E-state index contributed by atoms with van der Waals surface area (Å²) in [6.07, 6.45) is 36.2. The van der Waals surface area contributed by atoms with Gasteiger partial charge in [-0.2, -0.15) is 5.10 Å². The van der Waals surface area contributed by atoms with E-state index in [-0.39, 0.29) is 80.4 Å². The number of H-pyrrole nitrogens is 1. The molecule has 0 radical (unpaired) electrons. The summed E-state index contributed by atoms with van der Waals surface area (Å²) >= 11 is 12.8. The molecule has 7 rings (SSSR count). The van der Waals surface area contributed by atoms with E-state index in [4.69, 9.17) is 49.1 Å². The fraction of sp³-hybridized carbons (Fsp3) is 0.609. The number of aliphatic hydroxyl groups excluding tert-OH is 1. The van der Waals surface area contributed by atoms with Crippen molar-refractivity contribution in [3.63, 3.8) is 0 Å². The fourth-order valence-corrected chi connectivity index (χ4v) is 11.8. The third-order valence-electron chi connectivity index (χ3n) is 16.5. The molecule has 2 aliphatic heterocycles. The van der Waals surface area contributed by atoms with Gasteiger partial charge in [-0.25, -0.2) is 4.99 Å². The molecular formula is C69H107Cl2KN12O6. The Morgan fingerprint density at radius 2 is 1.72 bits per heavy atom. The number of nitrogens with one attached hydrogen (secondary N) is 3. The summed E-state index contributed by atoms with van der Waals surface area (Å²) in [4.78, 5) is 65.5. The van der Waals surface area contributed by atoms with Crippen LogP contribution in [-0.4, -0.2) is 164 Å². The first-order chi connectivity index (χ1) is 43.2. The number of carbonyl (C=O) groups is 4. The number of unbranched alkanes of at least 4 members (excludes halogenated alkanes) is 5. The van der Waals surface area contributed by atoms with Crippen molar-refractivity contribution in [1.82, 2.24) is 40.1 Å². The molecule has 2 aromatic heterocycles. The number of aryl methyl sites for hydroxylation is 2. The molecule has 4 aliphatic rings. The van der Waals surface area contributed by atoms with Crippen molar-refractivity contribution in [2.45, 2.75) is 164 Å². The van der Waals surface area contributed by atoms with Gasteiger partial charge in [0.15, 0.2) is 0 Å². The van der Waals surface area contributed by atoms with Gasteiger partial charge >= 0.3 is 51.4 Å². The van der Waals surface area contributed by atoms with Crippen LogP contribution in [0.1, 0.15) is 172 Å². The first-order valence-electron chi connectivity index (χ1n) is 32.9. The maximum Gasteiger partial charge on any atom is 1.00 e. The number of aldehydes is 1. The van der Waals surface area contributed by atoms with Crippen LogP contribution < -0.4 is 67.8 Å². The van der Waals surface area contributed by atoms with Gasteiger partial charge in [-0.3, -0.25) is 24.1 Å². The minimum atomic E-state index is -0.512. The summed E-state index contributed by atoms with van der Waals surface area (Å²) in [6, 6.07) is 1.74. The van der Waals surface area contributed by atoms with E-state index in [2.05, 4.69) is 70.9 Å². The van der Waals surface area contributed by atoms with E-state index in [1.54, 1.807) is 34.5 Å². The van der Waals surface area contributed by atoms with Gasteiger partial charge in [-0.15, -0.1) is 13.1 Å². The number of nitrogens with zero attached hydrogens (tertiary/aromatic N) is 8. The van der Waals surface area contributed by atoms with E-state index in [9.17, 15) is 24.3 Å². The number of halogens is 2. The zero-order valence-electron chi connectivity index (χ0n) is 56.2. The van der Waals surface area contributed by atoms with Crippen molar-refractivity contribution < 1.29 is 80.4 Å². The Labute approximate surface area is 591 Å². The third-order valence-corrected chi connectivity index (χ3v) is 17.2. The molecule has 1 saturated heterocycles. The zero-order chi connectivity index (χ0) is 65.0. The molecule has 90 heavy (non-hydrogen) atoms. The molecule has 0 saturated carbocycles. The van der Waals surface area contributed by atoms with E-state index >= 15 is 0 Å². The Kier molecular flexibility index (Phi) is 40.3. The molecule has 2 atom stereocenters. The normalized spacial score (nSPS) is 16.6. The summed E-state index contributed by atoms with van der Waals surface area (Å²) < 4.78 is 7.34. The van der Waals surface area contributed by atoms with Crippen LogP contribution in [0.3, 0.4) is 0 Å². The molecule has 1 fully saturated rings. The number of hydrogen-bond acceptors (Lipinski definition) is 12. The number of aliphatic hydroxyl groups is 1. The van der Waals surface area contributed by atoms with E-state index in [0.29, 0.717) is 86.4 Å². The van der Waals surface area contributed by atoms with Crippen LogP contribution in [0.15, 0.2) is 69.7 Å². The SMILES string of the molecule is CC.CC.CNCCN=C/C=C(\N)c1cc(Cl)c(Cl)c2[nH]c3c(c12)CN(C(=O)CO)CC3.Cc1nn(C)c(C2C=CC(CNCCC[N-]CCCCCCCCOCCC=O)=CC2)c1N=CN(C=O)CC1(C)CCN(C(=O)CC(C)C2=CCCCC=C2)CC1.[K+]. The van der Waals surface area contributed by atoms with E-state index in [1.165, 1.54) is 49.7 Å². The molecule has 2 unspecified atom stereocenters. The average Bonchev–Trinajstić information content (AvgIpc) is 1.66. The largest absolute Gasteiger partial charge is 1.00 e. The number of aromatic amines is 1. The Bertz CT molecular complexity index is 2870. The van der Waals surface area contributed by atoms with Gasteiger partial charge in [0.2, 0.25) is 18.2 Å². The van der Waals surface area contributed by atoms with Crippen molar-refractivity contribution in [3.8, 4) is 0 Å². The van der Waals surface area contributed by atoms with Crippen molar-refractivity contribution in [2.75, 3.05) is 92.3 Å². The average molecular weight is 1310 g/mol. The molecule has 0 bridgehead atoms. The van der Waals surface area contributed by atoms with Crippen molar-refractivity contribution >= 4 is 82.6 Å². The Hall–Kier alpha value is -4.09. The predicted molar refractivity (Wildman–Crippen MR) is 369 cm³/mol. The number of nitrogens with two attached hydrogens (primary N) is 1. The first kappa shape index (κ1) is 80.1. The molecular weight excluding hydrogens is 1200 g/mol. The minimum Gasteiger partial charge on any atom is -0.662 e. The van der Waals surface area contributed by atoms with Gasteiger partial charge in [-0.05, 0) is 100 Å². The number of likely N-dealkylation sites (tertiary alicyclic amines) is 1. The van der Waals surface area contributed by atoms with Gasteiger partial charge in [0.05, 0.1) is 46.4 Å². The summed E-state index contributed by atoms with van der Waals surface area (Å²) in [5, 5.41) is 26.9.